The lowest BCUT2D eigenvalue weighted by atomic mass is 10.0. The van der Waals surface area contributed by atoms with E-state index in [-0.39, 0.29) is 0 Å². The Balaban J connectivity index is 0. The molecule has 1 N–H and O–H groups in total. The van der Waals surface area contributed by atoms with Gasteiger partial charge in [0.2, 0.25) is 0 Å². The Kier molecular flexibility index (Phi) is 62.1. The van der Waals surface area contributed by atoms with Crippen molar-refractivity contribution in [3.63, 3.8) is 0 Å². The molecule has 60 heavy (non-hydrogen) atoms. The number of rotatable bonds is 53. The molecule has 0 fully saturated rings. The van der Waals surface area contributed by atoms with Crippen molar-refractivity contribution in [2.75, 3.05) is 0 Å². The Bertz CT molecular complexity index is 699. The van der Waals surface area contributed by atoms with E-state index in [1.54, 1.807) is 0 Å². The second-order valence-corrected chi connectivity index (χ2v) is 19.8. The lowest BCUT2D eigenvalue weighted by molar-refractivity contribution is -0.137. The summed E-state index contributed by atoms with van der Waals surface area (Å²) >= 11 is 0. The van der Waals surface area contributed by atoms with E-state index < -0.39 is 5.97 Å². The second-order valence-electron chi connectivity index (χ2n) is 19.8. The maximum atomic E-state index is 10.5. The molecule has 0 heterocycles. The topological polar surface area (TPSA) is 37.3 Å². The van der Waals surface area contributed by atoms with Crippen molar-refractivity contribution >= 4 is 5.97 Å². The zero-order valence-corrected chi connectivity index (χ0v) is 42.5. The smallest absolute Gasteiger partial charge is 0.303 e. The Labute approximate surface area is 382 Å². The molecule has 0 aromatic rings. The van der Waals surface area contributed by atoms with Gasteiger partial charge in [0.15, 0.2) is 0 Å². The van der Waals surface area contributed by atoms with Crippen LogP contribution in [0.15, 0.2) is 0 Å². The van der Waals surface area contributed by atoms with E-state index in [2.05, 4.69) is 20.8 Å². The van der Waals surface area contributed by atoms with Crippen LogP contribution in [0, 0.1) is 0 Å². The highest BCUT2D eigenvalue weighted by Gasteiger charge is 1.99. The predicted octanol–water partition coefficient (Wildman–Crippen LogP) is 22.2. The van der Waals surface area contributed by atoms with Crippen LogP contribution >= 0.6 is 0 Å². The summed E-state index contributed by atoms with van der Waals surface area (Å²) in [5.41, 5.74) is 0. The van der Waals surface area contributed by atoms with Crippen molar-refractivity contribution < 1.29 is 9.90 Å². The van der Waals surface area contributed by atoms with Crippen molar-refractivity contribution in [3.05, 3.63) is 0 Å². The molecule has 0 aromatic heterocycles. The summed E-state index contributed by atoms with van der Waals surface area (Å²) in [6.45, 7) is 6.90. The number of hydrogen-bond acceptors (Lipinski definition) is 1. The molecule has 362 valence electrons. The van der Waals surface area contributed by atoms with Crippen LogP contribution in [0.5, 0.6) is 0 Å². The van der Waals surface area contributed by atoms with Gasteiger partial charge in [-0.3, -0.25) is 4.79 Å². The first-order chi connectivity index (χ1) is 29.7. The molecule has 0 unspecified atom stereocenters. The van der Waals surface area contributed by atoms with Crippen LogP contribution < -0.4 is 0 Å². The normalized spacial score (nSPS) is 11.3. The maximum Gasteiger partial charge on any atom is 0.303 e. The fourth-order valence-corrected chi connectivity index (χ4v) is 9.16. The van der Waals surface area contributed by atoms with Gasteiger partial charge < -0.3 is 5.11 Å². The highest BCUT2D eigenvalue weighted by molar-refractivity contribution is 5.66. The molecule has 0 saturated carbocycles. The van der Waals surface area contributed by atoms with Gasteiger partial charge in [0.25, 0.3) is 0 Å². The van der Waals surface area contributed by atoms with Crippen LogP contribution in [0.4, 0.5) is 0 Å². The molecular weight excluding hydrogens is 729 g/mol. The number of unbranched alkanes of at least 4 members (excludes halogenated alkanes) is 51. The molecule has 0 atom stereocenters. The highest BCUT2D eigenvalue weighted by Crippen LogP contribution is 2.18. The SMILES string of the molecule is CCCCCCCCCCCCCCCCCCCCC.CCCCCCCCCCCCCCCCCCCCCCCCCCCCCCCCCCCCC(=O)O. The minimum absolute atomic E-state index is 0.347. The van der Waals surface area contributed by atoms with Crippen molar-refractivity contribution in [1.82, 2.24) is 0 Å². The van der Waals surface area contributed by atoms with E-state index >= 15 is 0 Å². The number of carboxylic acid groups (broad SMARTS) is 1. The Morgan fingerprint density at radius 2 is 0.300 bits per heavy atom. The third-order valence-corrected chi connectivity index (χ3v) is 13.5. The van der Waals surface area contributed by atoms with Crippen molar-refractivity contribution in [1.29, 1.82) is 0 Å². The molecule has 0 spiro atoms. The van der Waals surface area contributed by atoms with Gasteiger partial charge in [0, 0.05) is 6.42 Å². The number of hydrogen-bond donors (Lipinski definition) is 1. The molecule has 0 saturated heterocycles. The van der Waals surface area contributed by atoms with Crippen LogP contribution in [-0.2, 0) is 4.79 Å². The Morgan fingerprint density at radius 1 is 0.200 bits per heavy atom. The first-order valence-corrected chi connectivity index (χ1v) is 28.9. The summed E-state index contributed by atoms with van der Waals surface area (Å²) in [5.74, 6) is -0.647. The summed E-state index contributed by atoms with van der Waals surface area (Å²) in [6, 6.07) is 0. The molecule has 0 radical (unpaired) electrons. The number of carboxylic acids is 1. The van der Waals surface area contributed by atoms with Gasteiger partial charge in [-0.05, 0) is 6.42 Å². The van der Waals surface area contributed by atoms with Crippen LogP contribution in [0.2, 0.25) is 0 Å². The van der Waals surface area contributed by atoms with E-state index in [9.17, 15) is 4.79 Å². The van der Waals surface area contributed by atoms with E-state index in [0.717, 1.165) is 12.8 Å². The largest absolute Gasteiger partial charge is 0.481 e. The maximum absolute atomic E-state index is 10.5. The second kappa shape index (κ2) is 60.6. The van der Waals surface area contributed by atoms with Gasteiger partial charge in [-0.15, -0.1) is 0 Å². The molecule has 0 rings (SSSR count). The van der Waals surface area contributed by atoms with Gasteiger partial charge >= 0.3 is 5.97 Å². The summed E-state index contributed by atoms with van der Waals surface area (Å²) in [7, 11) is 0. The monoisotopic (exact) mass is 847 g/mol. The average molecular weight is 848 g/mol. The highest BCUT2D eigenvalue weighted by atomic mass is 16.4. The Hall–Kier alpha value is -0.530. The third kappa shape index (κ3) is 64.1. The molecule has 0 aliphatic carbocycles. The van der Waals surface area contributed by atoms with Crippen LogP contribution in [0.3, 0.4) is 0 Å². The summed E-state index contributed by atoms with van der Waals surface area (Å²) in [5, 5.41) is 8.63. The van der Waals surface area contributed by atoms with Crippen LogP contribution in [0.1, 0.15) is 367 Å². The van der Waals surface area contributed by atoms with Gasteiger partial charge in [-0.25, -0.2) is 0 Å². The number of aliphatic carboxylic acids is 1. The first kappa shape index (κ1) is 61.6. The lowest BCUT2D eigenvalue weighted by Gasteiger charge is -2.05. The fourth-order valence-electron chi connectivity index (χ4n) is 9.16. The minimum Gasteiger partial charge on any atom is -0.481 e. The van der Waals surface area contributed by atoms with Gasteiger partial charge in [-0.2, -0.15) is 0 Å². The molecule has 0 aliphatic rings. The molecule has 2 heteroatoms. The molecule has 0 bridgehead atoms. The lowest BCUT2D eigenvalue weighted by Crippen LogP contribution is -1.93. The van der Waals surface area contributed by atoms with Crippen LogP contribution in [-0.4, -0.2) is 11.1 Å². The van der Waals surface area contributed by atoms with Gasteiger partial charge in [-0.1, -0.05) is 355 Å². The molecule has 0 aliphatic heterocycles. The molecular formula is C58H118O2. The predicted molar refractivity (Wildman–Crippen MR) is 274 cm³/mol. The van der Waals surface area contributed by atoms with Gasteiger partial charge in [0.1, 0.15) is 0 Å². The molecule has 0 aromatic carbocycles. The standard InChI is InChI=1S/C37H74O2.C21H44/c1-2-3-4-5-6-7-8-9-10-11-12-13-14-15-16-17-18-19-20-21-22-23-24-25-26-27-28-29-30-31-32-33-34-35-36-37(38)39;1-3-5-7-9-11-13-15-17-19-21-20-18-16-14-12-10-8-6-4-2/h2-36H2,1H3,(H,38,39);3-21H2,1-2H3. The average Bonchev–Trinajstić information content (AvgIpc) is 3.25. The first-order valence-electron chi connectivity index (χ1n) is 28.9. The van der Waals surface area contributed by atoms with E-state index in [0.29, 0.717) is 6.42 Å². The minimum atomic E-state index is -0.647. The fraction of sp³-hybridized carbons (Fsp3) is 0.983. The van der Waals surface area contributed by atoms with Crippen molar-refractivity contribution in [2.24, 2.45) is 0 Å². The summed E-state index contributed by atoms with van der Waals surface area (Å²) < 4.78 is 0. The van der Waals surface area contributed by atoms with Crippen molar-refractivity contribution in [2.45, 2.75) is 367 Å². The summed E-state index contributed by atoms with van der Waals surface area (Å²) in [4.78, 5) is 10.5. The van der Waals surface area contributed by atoms with E-state index in [1.807, 2.05) is 0 Å². The zero-order chi connectivity index (χ0) is 43.8. The van der Waals surface area contributed by atoms with E-state index in [1.165, 1.54) is 327 Å². The Morgan fingerprint density at radius 3 is 0.400 bits per heavy atom. The van der Waals surface area contributed by atoms with Crippen LogP contribution in [0.25, 0.3) is 0 Å². The molecule has 0 amide bonds. The number of carbonyl (C=O) groups is 1. The molecule has 2 nitrogen and oxygen atoms in total. The zero-order valence-electron chi connectivity index (χ0n) is 42.5. The third-order valence-electron chi connectivity index (χ3n) is 13.5. The van der Waals surface area contributed by atoms with Gasteiger partial charge in [0.05, 0.1) is 0 Å². The quantitative estimate of drug-likeness (QED) is 0.0619. The van der Waals surface area contributed by atoms with Crippen molar-refractivity contribution in [3.8, 4) is 0 Å². The summed E-state index contributed by atoms with van der Waals surface area (Å²) in [6.07, 6.45) is 76.3. The van der Waals surface area contributed by atoms with E-state index in [4.69, 9.17) is 5.11 Å².